The summed E-state index contributed by atoms with van der Waals surface area (Å²) in [6.07, 6.45) is -4.17. The Labute approximate surface area is 83.9 Å². The van der Waals surface area contributed by atoms with Gasteiger partial charge in [-0.25, -0.2) is 4.39 Å². The summed E-state index contributed by atoms with van der Waals surface area (Å²) in [4.78, 5) is 3.66. The van der Waals surface area contributed by atoms with Gasteiger partial charge in [0, 0.05) is 5.69 Å². The first-order chi connectivity index (χ1) is 6.79. The molecule has 84 valence electrons. The number of nitrogens with zero attached hydrogens (tertiary/aromatic N) is 1. The van der Waals surface area contributed by atoms with E-state index in [2.05, 4.69) is 9.72 Å². The van der Waals surface area contributed by atoms with E-state index in [4.69, 9.17) is 0 Å². The molecule has 0 saturated carbocycles. The zero-order chi connectivity index (χ0) is 11.6. The van der Waals surface area contributed by atoms with E-state index in [-0.39, 0.29) is 5.92 Å². The first kappa shape index (κ1) is 11.7. The lowest BCUT2D eigenvalue weighted by molar-refractivity contribution is -0.275. The number of hydrogen-bond donors (Lipinski definition) is 0. The van der Waals surface area contributed by atoms with Crippen molar-refractivity contribution < 1.29 is 22.3 Å². The summed E-state index contributed by atoms with van der Waals surface area (Å²) < 4.78 is 51.8. The molecular weight excluding hydrogens is 214 g/mol. The van der Waals surface area contributed by atoms with Crippen molar-refractivity contribution in [2.24, 2.45) is 0 Å². The van der Waals surface area contributed by atoms with E-state index >= 15 is 0 Å². The Bertz CT molecular complexity index is 348. The first-order valence-corrected chi connectivity index (χ1v) is 4.21. The van der Waals surface area contributed by atoms with Gasteiger partial charge < -0.3 is 4.74 Å². The van der Waals surface area contributed by atoms with E-state index < -0.39 is 17.9 Å². The standard InChI is InChI=1S/C9H9F4NO/c1-5(2)7-3-6(10)8(4-14-7)15-9(11,12)13/h3-5H,1-2H3. The van der Waals surface area contributed by atoms with Gasteiger partial charge in [-0.2, -0.15) is 0 Å². The highest BCUT2D eigenvalue weighted by Gasteiger charge is 2.32. The Morgan fingerprint density at radius 1 is 1.33 bits per heavy atom. The van der Waals surface area contributed by atoms with Gasteiger partial charge >= 0.3 is 6.36 Å². The third-order valence-electron chi connectivity index (χ3n) is 1.66. The molecule has 0 aliphatic rings. The molecule has 1 aromatic heterocycles. The van der Waals surface area contributed by atoms with Gasteiger partial charge in [-0.1, -0.05) is 13.8 Å². The molecule has 0 bridgehead atoms. The number of alkyl halides is 3. The van der Waals surface area contributed by atoms with Crippen LogP contribution in [0.25, 0.3) is 0 Å². The molecule has 0 atom stereocenters. The summed E-state index contributed by atoms with van der Waals surface area (Å²) in [5, 5.41) is 0. The van der Waals surface area contributed by atoms with Crippen LogP contribution in [-0.2, 0) is 0 Å². The number of halogens is 4. The van der Waals surface area contributed by atoms with Gasteiger partial charge in [-0.05, 0) is 12.0 Å². The number of aromatic nitrogens is 1. The van der Waals surface area contributed by atoms with E-state index in [1.165, 1.54) is 0 Å². The SMILES string of the molecule is CC(C)c1cc(F)c(OC(F)(F)F)cn1. The Morgan fingerprint density at radius 2 is 1.93 bits per heavy atom. The van der Waals surface area contributed by atoms with Crippen LogP contribution in [0.4, 0.5) is 17.6 Å². The predicted molar refractivity (Wildman–Crippen MR) is 45.0 cm³/mol. The molecule has 0 aliphatic heterocycles. The number of ether oxygens (including phenoxy) is 1. The molecule has 6 heteroatoms. The molecule has 0 unspecified atom stereocenters. The largest absolute Gasteiger partial charge is 0.573 e. The second kappa shape index (κ2) is 4.04. The van der Waals surface area contributed by atoms with Crippen LogP contribution in [0.2, 0.25) is 0 Å². The highest BCUT2D eigenvalue weighted by molar-refractivity contribution is 5.24. The Hall–Kier alpha value is -1.33. The molecule has 2 nitrogen and oxygen atoms in total. The molecule has 0 N–H and O–H groups in total. The molecule has 0 aliphatic carbocycles. The van der Waals surface area contributed by atoms with E-state index in [1.54, 1.807) is 13.8 Å². The minimum atomic E-state index is -4.90. The van der Waals surface area contributed by atoms with Crippen molar-refractivity contribution in [2.45, 2.75) is 26.1 Å². The van der Waals surface area contributed by atoms with Crippen molar-refractivity contribution in [1.29, 1.82) is 0 Å². The van der Waals surface area contributed by atoms with Crippen LogP contribution < -0.4 is 4.74 Å². The highest BCUT2D eigenvalue weighted by Crippen LogP contribution is 2.26. The van der Waals surface area contributed by atoms with Crippen LogP contribution in [0, 0.1) is 5.82 Å². The molecule has 1 aromatic rings. The van der Waals surface area contributed by atoms with Crippen molar-refractivity contribution in [3.63, 3.8) is 0 Å². The molecule has 1 heterocycles. The molecule has 0 radical (unpaired) electrons. The first-order valence-electron chi connectivity index (χ1n) is 4.21. The van der Waals surface area contributed by atoms with Gasteiger partial charge in [0.1, 0.15) is 0 Å². The number of hydrogen-bond acceptors (Lipinski definition) is 2. The van der Waals surface area contributed by atoms with Crippen molar-refractivity contribution >= 4 is 0 Å². The van der Waals surface area contributed by atoms with Crippen LogP contribution in [0.15, 0.2) is 12.3 Å². The van der Waals surface area contributed by atoms with Crippen LogP contribution in [0.3, 0.4) is 0 Å². The fourth-order valence-electron chi connectivity index (χ4n) is 0.949. The lowest BCUT2D eigenvalue weighted by atomic mass is 10.1. The number of pyridine rings is 1. The van der Waals surface area contributed by atoms with Crippen molar-refractivity contribution in [1.82, 2.24) is 4.98 Å². The summed E-state index contributed by atoms with van der Waals surface area (Å²) in [5.41, 5.74) is 0.377. The van der Waals surface area contributed by atoms with Gasteiger partial charge in [0.15, 0.2) is 11.6 Å². The zero-order valence-electron chi connectivity index (χ0n) is 8.10. The fraction of sp³-hybridized carbons (Fsp3) is 0.444. The van der Waals surface area contributed by atoms with Crippen LogP contribution >= 0.6 is 0 Å². The normalized spacial score (nSPS) is 11.9. The topological polar surface area (TPSA) is 22.1 Å². The van der Waals surface area contributed by atoms with Crippen molar-refractivity contribution in [3.05, 3.63) is 23.8 Å². The minimum Gasteiger partial charge on any atom is -0.401 e. The Morgan fingerprint density at radius 3 is 2.33 bits per heavy atom. The van der Waals surface area contributed by atoms with Crippen LogP contribution in [0.1, 0.15) is 25.5 Å². The highest BCUT2D eigenvalue weighted by atomic mass is 19.4. The predicted octanol–water partition coefficient (Wildman–Crippen LogP) is 3.24. The monoisotopic (exact) mass is 223 g/mol. The maximum Gasteiger partial charge on any atom is 0.573 e. The zero-order valence-corrected chi connectivity index (χ0v) is 8.10. The lowest BCUT2D eigenvalue weighted by Gasteiger charge is -2.10. The maximum atomic E-state index is 13.1. The van der Waals surface area contributed by atoms with E-state index in [9.17, 15) is 17.6 Å². The van der Waals surface area contributed by atoms with Crippen LogP contribution in [0.5, 0.6) is 5.75 Å². The van der Waals surface area contributed by atoms with E-state index in [0.717, 1.165) is 12.3 Å². The van der Waals surface area contributed by atoms with Crippen LogP contribution in [-0.4, -0.2) is 11.3 Å². The van der Waals surface area contributed by atoms with Gasteiger partial charge in [0.25, 0.3) is 0 Å². The smallest absolute Gasteiger partial charge is 0.401 e. The minimum absolute atomic E-state index is 0.0561. The molecule has 0 saturated heterocycles. The second-order valence-electron chi connectivity index (χ2n) is 3.24. The van der Waals surface area contributed by atoms with Crippen molar-refractivity contribution in [3.8, 4) is 5.75 Å². The third kappa shape index (κ3) is 3.38. The summed E-state index contributed by atoms with van der Waals surface area (Å²) in [6.45, 7) is 3.51. The summed E-state index contributed by atoms with van der Waals surface area (Å²) in [7, 11) is 0. The quantitative estimate of drug-likeness (QED) is 0.718. The van der Waals surface area contributed by atoms with Gasteiger partial charge in [-0.15, -0.1) is 13.2 Å². The van der Waals surface area contributed by atoms with Crippen molar-refractivity contribution in [2.75, 3.05) is 0 Å². The third-order valence-corrected chi connectivity index (χ3v) is 1.66. The van der Waals surface area contributed by atoms with E-state index in [0.29, 0.717) is 5.69 Å². The van der Waals surface area contributed by atoms with Gasteiger partial charge in [0.05, 0.1) is 6.20 Å². The average molecular weight is 223 g/mol. The number of rotatable bonds is 2. The Balaban J connectivity index is 2.94. The molecular formula is C9H9F4NO. The average Bonchev–Trinajstić information content (AvgIpc) is 2.05. The summed E-state index contributed by atoms with van der Waals surface area (Å²) >= 11 is 0. The Kier molecular flexibility index (Phi) is 3.16. The summed E-state index contributed by atoms with van der Waals surface area (Å²) in [5.74, 6) is -2.03. The summed E-state index contributed by atoms with van der Waals surface area (Å²) in [6, 6.07) is 0.936. The molecule has 15 heavy (non-hydrogen) atoms. The molecule has 0 amide bonds. The second-order valence-corrected chi connectivity index (χ2v) is 3.24. The fourth-order valence-corrected chi connectivity index (χ4v) is 0.949. The molecule has 0 aromatic carbocycles. The molecule has 1 rings (SSSR count). The maximum absolute atomic E-state index is 13.1. The lowest BCUT2D eigenvalue weighted by Crippen LogP contribution is -2.18. The molecule has 0 fully saturated rings. The van der Waals surface area contributed by atoms with E-state index in [1.807, 2.05) is 0 Å². The molecule has 0 spiro atoms. The van der Waals surface area contributed by atoms with Gasteiger partial charge in [0.2, 0.25) is 0 Å². The van der Waals surface area contributed by atoms with Gasteiger partial charge in [-0.3, -0.25) is 4.98 Å².